The number of hydrogen-bond donors (Lipinski definition) is 1. The van der Waals surface area contributed by atoms with Gasteiger partial charge in [0.1, 0.15) is 4.99 Å². The maximum Gasteiger partial charge on any atom is 0.109 e. The highest BCUT2D eigenvalue weighted by molar-refractivity contribution is 7.80. The van der Waals surface area contributed by atoms with Crippen LogP contribution in [0.2, 0.25) is 20.1 Å². The minimum Gasteiger partial charge on any atom is -0.379 e. The molecule has 0 atom stereocenters. The molecule has 1 aromatic rings. The van der Waals surface area contributed by atoms with Crippen molar-refractivity contribution in [2.24, 2.45) is 0 Å². The van der Waals surface area contributed by atoms with Gasteiger partial charge >= 0.3 is 0 Å². The number of nitrogens with one attached hydrogen (secondary N) is 1. The van der Waals surface area contributed by atoms with E-state index in [2.05, 4.69) is 5.32 Å². The van der Waals surface area contributed by atoms with Gasteiger partial charge in [-0.15, -0.1) is 0 Å². The lowest BCUT2D eigenvalue weighted by Crippen LogP contribution is -2.17. The minimum atomic E-state index is 0.306. The standard InChI is InChI=1S/C8H5Cl4NS/c1-13-8(14)5-6(11)3(9)2-4(10)7(5)12/h2H,1H3,(H,13,14). The molecule has 1 nitrogen and oxygen atoms in total. The maximum absolute atomic E-state index is 5.94. The highest BCUT2D eigenvalue weighted by Crippen LogP contribution is 2.37. The predicted molar refractivity (Wildman–Crippen MR) is 67.2 cm³/mol. The molecule has 0 spiro atoms. The lowest BCUT2D eigenvalue weighted by atomic mass is 10.2. The van der Waals surface area contributed by atoms with Crippen molar-refractivity contribution in [3.63, 3.8) is 0 Å². The molecule has 0 aliphatic rings. The summed E-state index contributed by atoms with van der Waals surface area (Å²) in [5.74, 6) is 0. The summed E-state index contributed by atoms with van der Waals surface area (Å²) in [5.41, 5.74) is 0.461. The molecule has 1 N–H and O–H groups in total. The lowest BCUT2D eigenvalue weighted by molar-refractivity contribution is 1.20. The number of thiocarbonyl (C=S) groups is 1. The first-order chi connectivity index (χ1) is 6.49. The Bertz CT molecular complexity index is 365. The summed E-state index contributed by atoms with van der Waals surface area (Å²) < 4.78 is 0. The molecule has 0 fully saturated rings. The molecule has 0 amide bonds. The molecule has 0 heterocycles. The highest BCUT2D eigenvalue weighted by atomic mass is 35.5. The van der Waals surface area contributed by atoms with Crippen LogP contribution in [0.15, 0.2) is 6.07 Å². The first-order valence-corrected chi connectivity index (χ1v) is 5.46. The van der Waals surface area contributed by atoms with Crippen molar-refractivity contribution in [2.75, 3.05) is 7.05 Å². The Kier molecular flexibility index (Phi) is 4.29. The van der Waals surface area contributed by atoms with E-state index in [4.69, 9.17) is 58.6 Å². The first-order valence-electron chi connectivity index (χ1n) is 3.54. The molecule has 0 bridgehead atoms. The Hall–Kier alpha value is 0.270. The van der Waals surface area contributed by atoms with Crippen LogP contribution in [0, 0.1) is 0 Å². The fourth-order valence-electron chi connectivity index (χ4n) is 0.898. The second-order valence-electron chi connectivity index (χ2n) is 2.42. The zero-order chi connectivity index (χ0) is 10.9. The number of benzene rings is 1. The van der Waals surface area contributed by atoms with Gasteiger partial charge in [-0.25, -0.2) is 0 Å². The van der Waals surface area contributed by atoms with Gasteiger partial charge in [-0.3, -0.25) is 0 Å². The van der Waals surface area contributed by atoms with E-state index in [0.29, 0.717) is 30.6 Å². The van der Waals surface area contributed by atoms with E-state index >= 15 is 0 Å². The summed E-state index contributed by atoms with van der Waals surface area (Å²) in [4.78, 5) is 0.407. The molecule has 6 heteroatoms. The van der Waals surface area contributed by atoms with Gasteiger partial charge in [0.2, 0.25) is 0 Å². The van der Waals surface area contributed by atoms with Crippen LogP contribution in [0.5, 0.6) is 0 Å². The van der Waals surface area contributed by atoms with Crippen LogP contribution >= 0.6 is 58.6 Å². The normalized spacial score (nSPS) is 10.1. The van der Waals surface area contributed by atoms with Crippen molar-refractivity contribution >= 4 is 63.6 Å². The molecule has 0 aliphatic heterocycles. The van der Waals surface area contributed by atoms with Crippen molar-refractivity contribution in [3.8, 4) is 0 Å². The summed E-state index contributed by atoms with van der Waals surface area (Å²) in [6.07, 6.45) is 0. The zero-order valence-electron chi connectivity index (χ0n) is 7.00. The van der Waals surface area contributed by atoms with Gasteiger partial charge in [-0.2, -0.15) is 0 Å². The number of hydrogen-bond acceptors (Lipinski definition) is 1. The summed E-state index contributed by atoms with van der Waals surface area (Å²) in [7, 11) is 1.67. The summed E-state index contributed by atoms with van der Waals surface area (Å²) >= 11 is 28.6. The largest absolute Gasteiger partial charge is 0.379 e. The maximum atomic E-state index is 5.94. The molecule has 76 valence electrons. The topological polar surface area (TPSA) is 12.0 Å². The molecule has 1 aromatic carbocycles. The average Bonchev–Trinajstić information content (AvgIpc) is 2.15. The third-order valence-corrected chi connectivity index (χ3v) is 3.55. The van der Waals surface area contributed by atoms with Gasteiger partial charge in [0.25, 0.3) is 0 Å². The van der Waals surface area contributed by atoms with E-state index < -0.39 is 0 Å². The summed E-state index contributed by atoms with van der Waals surface area (Å²) in [6.45, 7) is 0. The van der Waals surface area contributed by atoms with Crippen molar-refractivity contribution < 1.29 is 0 Å². The van der Waals surface area contributed by atoms with E-state index in [1.807, 2.05) is 0 Å². The Labute approximate surface area is 107 Å². The predicted octanol–water partition coefficient (Wildman–Crippen LogP) is 4.20. The molecule has 0 unspecified atom stereocenters. The molecule has 14 heavy (non-hydrogen) atoms. The number of halogens is 4. The van der Waals surface area contributed by atoms with Crippen molar-refractivity contribution in [2.45, 2.75) is 0 Å². The Balaban J connectivity index is 3.47. The van der Waals surface area contributed by atoms with E-state index in [1.165, 1.54) is 6.07 Å². The van der Waals surface area contributed by atoms with E-state index in [0.717, 1.165) is 0 Å². The van der Waals surface area contributed by atoms with Crippen LogP contribution < -0.4 is 5.32 Å². The molecule has 0 radical (unpaired) electrons. The molecule has 0 aromatic heterocycles. The van der Waals surface area contributed by atoms with Crippen molar-refractivity contribution in [3.05, 3.63) is 31.7 Å². The molecule has 1 rings (SSSR count). The summed E-state index contributed by atoms with van der Waals surface area (Å²) in [6, 6.07) is 1.48. The van der Waals surface area contributed by atoms with E-state index in [-0.39, 0.29) is 0 Å². The third kappa shape index (κ3) is 2.26. The van der Waals surface area contributed by atoms with E-state index in [1.54, 1.807) is 7.05 Å². The fourth-order valence-corrected chi connectivity index (χ4v) is 2.21. The monoisotopic (exact) mass is 287 g/mol. The minimum absolute atomic E-state index is 0.306. The van der Waals surface area contributed by atoms with Crippen molar-refractivity contribution in [1.29, 1.82) is 0 Å². The van der Waals surface area contributed by atoms with Gasteiger partial charge in [-0.1, -0.05) is 58.6 Å². The molecular weight excluding hydrogens is 284 g/mol. The van der Waals surface area contributed by atoms with Crippen LogP contribution in [0.3, 0.4) is 0 Å². The molecule has 0 aliphatic carbocycles. The second kappa shape index (κ2) is 4.86. The Morgan fingerprint density at radius 1 is 1.14 bits per heavy atom. The molecular formula is C8H5Cl4NS. The van der Waals surface area contributed by atoms with Crippen LogP contribution in [0.4, 0.5) is 0 Å². The van der Waals surface area contributed by atoms with Crippen LogP contribution in [-0.2, 0) is 0 Å². The van der Waals surface area contributed by atoms with E-state index in [9.17, 15) is 0 Å². The van der Waals surface area contributed by atoms with Crippen molar-refractivity contribution in [1.82, 2.24) is 5.32 Å². The summed E-state index contributed by atoms with van der Waals surface area (Å²) in [5, 5.41) is 4.03. The van der Waals surface area contributed by atoms with Crippen LogP contribution in [0.25, 0.3) is 0 Å². The van der Waals surface area contributed by atoms with Crippen LogP contribution in [0.1, 0.15) is 5.56 Å². The average molecular weight is 289 g/mol. The highest BCUT2D eigenvalue weighted by Gasteiger charge is 2.16. The first kappa shape index (κ1) is 12.3. The Morgan fingerprint density at radius 2 is 1.57 bits per heavy atom. The lowest BCUT2D eigenvalue weighted by Gasteiger charge is -2.10. The van der Waals surface area contributed by atoms with Gasteiger partial charge in [0.15, 0.2) is 0 Å². The number of rotatable bonds is 1. The molecule has 0 saturated heterocycles. The zero-order valence-corrected chi connectivity index (χ0v) is 10.8. The quantitative estimate of drug-likeness (QED) is 0.614. The third-order valence-electron chi connectivity index (χ3n) is 1.57. The van der Waals surface area contributed by atoms with Crippen LogP contribution in [-0.4, -0.2) is 12.0 Å². The van der Waals surface area contributed by atoms with Gasteiger partial charge in [0, 0.05) is 12.6 Å². The van der Waals surface area contributed by atoms with Gasteiger partial charge < -0.3 is 5.32 Å². The smallest absolute Gasteiger partial charge is 0.109 e. The Morgan fingerprint density at radius 3 is 1.93 bits per heavy atom. The van der Waals surface area contributed by atoms with Gasteiger partial charge in [0.05, 0.1) is 20.1 Å². The second-order valence-corrected chi connectivity index (χ2v) is 4.40. The molecule has 0 saturated carbocycles. The SMILES string of the molecule is CNC(=S)c1c(Cl)c(Cl)cc(Cl)c1Cl. The van der Waals surface area contributed by atoms with Gasteiger partial charge in [-0.05, 0) is 6.07 Å². The fraction of sp³-hybridized carbons (Fsp3) is 0.125.